The highest BCUT2D eigenvalue weighted by Gasteiger charge is 2.31. The lowest BCUT2D eigenvalue weighted by Gasteiger charge is -2.26. The zero-order valence-electron chi connectivity index (χ0n) is 9.96. The Morgan fingerprint density at radius 2 is 2.06 bits per heavy atom. The quantitative estimate of drug-likeness (QED) is 0.844. The van der Waals surface area contributed by atoms with E-state index in [0.29, 0.717) is 17.7 Å². The Morgan fingerprint density at radius 1 is 1.39 bits per heavy atom. The summed E-state index contributed by atoms with van der Waals surface area (Å²) in [7, 11) is 0. The minimum atomic E-state index is -4.28. The Labute approximate surface area is 104 Å². The molecule has 6 heteroatoms. The van der Waals surface area contributed by atoms with Gasteiger partial charge in [0.1, 0.15) is 6.54 Å². The van der Waals surface area contributed by atoms with Gasteiger partial charge in [0.05, 0.1) is 23.0 Å². The maximum Gasteiger partial charge on any atom is 0.405 e. The molecule has 1 aromatic rings. The van der Waals surface area contributed by atoms with Crippen molar-refractivity contribution in [2.24, 2.45) is 0 Å². The summed E-state index contributed by atoms with van der Waals surface area (Å²) in [6.07, 6.45) is -3.70. The third kappa shape index (κ3) is 3.84. The minimum Gasteiger partial charge on any atom is -0.397 e. The zero-order valence-corrected chi connectivity index (χ0v) is 9.96. The fraction of sp³-hybridized carbons (Fsp3) is 0.417. The van der Waals surface area contributed by atoms with Gasteiger partial charge in [-0.2, -0.15) is 18.4 Å². The second kappa shape index (κ2) is 5.63. The fourth-order valence-corrected chi connectivity index (χ4v) is 1.68. The van der Waals surface area contributed by atoms with Gasteiger partial charge in [0.25, 0.3) is 0 Å². The molecule has 3 nitrogen and oxygen atoms in total. The number of halogens is 3. The van der Waals surface area contributed by atoms with Crippen molar-refractivity contribution in [3.63, 3.8) is 0 Å². The van der Waals surface area contributed by atoms with Gasteiger partial charge in [-0.25, -0.2) is 0 Å². The number of benzene rings is 1. The maximum atomic E-state index is 12.5. The molecular formula is C12H14F3N3. The van der Waals surface area contributed by atoms with Crippen LogP contribution in [0.1, 0.15) is 18.9 Å². The van der Waals surface area contributed by atoms with Crippen LogP contribution in [0, 0.1) is 11.3 Å². The molecule has 0 atom stereocenters. The van der Waals surface area contributed by atoms with E-state index in [1.165, 1.54) is 23.1 Å². The average molecular weight is 257 g/mol. The van der Waals surface area contributed by atoms with Gasteiger partial charge in [0.15, 0.2) is 0 Å². The molecule has 18 heavy (non-hydrogen) atoms. The highest BCUT2D eigenvalue weighted by Crippen LogP contribution is 2.28. The maximum absolute atomic E-state index is 12.5. The van der Waals surface area contributed by atoms with Crippen molar-refractivity contribution in [3.8, 4) is 6.07 Å². The smallest absolute Gasteiger partial charge is 0.397 e. The number of hydrogen-bond donors (Lipinski definition) is 1. The van der Waals surface area contributed by atoms with Crippen molar-refractivity contribution in [2.45, 2.75) is 19.5 Å². The molecular weight excluding hydrogens is 243 g/mol. The number of rotatable bonds is 4. The highest BCUT2D eigenvalue weighted by atomic mass is 19.4. The van der Waals surface area contributed by atoms with Crippen molar-refractivity contribution in [2.75, 3.05) is 23.7 Å². The molecule has 0 amide bonds. The molecule has 0 saturated carbocycles. The van der Waals surface area contributed by atoms with Crippen molar-refractivity contribution >= 4 is 11.4 Å². The first-order valence-electron chi connectivity index (χ1n) is 5.48. The molecule has 0 aliphatic carbocycles. The number of hydrogen-bond acceptors (Lipinski definition) is 3. The summed E-state index contributed by atoms with van der Waals surface area (Å²) in [5, 5.41) is 8.68. The Hall–Kier alpha value is -1.90. The van der Waals surface area contributed by atoms with Crippen molar-refractivity contribution in [3.05, 3.63) is 23.8 Å². The molecule has 1 aromatic carbocycles. The van der Waals surface area contributed by atoms with Gasteiger partial charge in [-0.1, -0.05) is 6.92 Å². The number of anilines is 2. The van der Waals surface area contributed by atoms with Crippen LogP contribution in [0.2, 0.25) is 0 Å². The van der Waals surface area contributed by atoms with E-state index in [1.54, 1.807) is 6.92 Å². The van der Waals surface area contributed by atoms with E-state index < -0.39 is 12.7 Å². The highest BCUT2D eigenvalue weighted by molar-refractivity contribution is 5.69. The third-order valence-corrected chi connectivity index (χ3v) is 2.36. The minimum absolute atomic E-state index is 0.187. The van der Waals surface area contributed by atoms with Crippen LogP contribution in [-0.4, -0.2) is 19.3 Å². The molecule has 98 valence electrons. The van der Waals surface area contributed by atoms with Gasteiger partial charge in [-0.3, -0.25) is 0 Å². The summed E-state index contributed by atoms with van der Waals surface area (Å²) >= 11 is 0. The monoisotopic (exact) mass is 257 g/mol. The van der Waals surface area contributed by atoms with Gasteiger partial charge in [0.2, 0.25) is 0 Å². The Balaban J connectivity index is 3.03. The van der Waals surface area contributed by atoms with Crippen LogP contribution < -0.4 is 10.6 Å². The molecule has 0 aliphatic heterocycles. The first-order chi connectivity index (χ1) is 8.37. The van der Waals surface area contributed by atoms with E-state index in [2.05, 4.69) is 0 Å². The molecule has 0 unspecified atom stereocenters. The molecule has 0 heterocycles. The van der Waals surface area contributed by atoms with E-state index in [9.17, 15) is 13.2 Å². The van der Waals surface area contributed by atoms with Crippen LogP contribution in [0.25, 0.3) is 0 Å². The normalized spacial score (nSPS) is 11.1. The van der Waals surface area contributed by atoms with Crippen LogP contribution in [0.5, 0.6) is 0 Å². The van der Waals surface area contributed by atoms with Crippen LogP contribution in [0.3, 0.4) is 0 Å². The number of nitrogen functional groups attached to an aromatic ring is 1. The molecule has 1 rings (SSSR count). The number of nitriles is 1. The Morgan fingerprint density at radius 3 is 2.50 bits per heavy atom. The third-order valence-electron chi connectivity index (χ3n) is 2.36. The zero-order chi connectivity index (χ0) is 13.8. The summed E-state index contributed by atoms with van der Waals surface area (Å²) in [6.45, 7) is 1.01. The van der Waals surface area contributed by atoms with E-state index in [0.717, 1.165) is 0 Å². The van der Waals surface area contributed by atoms with E-state index in [1.807, 2.05) is 6.07 Å². The summed E-state index contributed by atoms with van der Waals surface area (Å²) in [6, 6.07) is 6.19. The van der Waals surface area contributed by atoms with Crippen molar-refractivity contribution < 1.29 is 13.2 Å². The summed E-state index contributed by atoms with van der Waals surface area (Å²) in [5.41, 5.74) is 6.52. The summed E-state index contributed by atoms with van der Waals surface area (Å²) in [5.74, 6) is 0. The SMILES string of the molecule is CCCN(CC(F)(F)F)c1ccc(C#N)cc1N. The Kier molecular flexibility index (Phi) is 4.43. The topological polar surface area (TPSA) is 53.0 Å². The summed E-state index contributed by atoms with van der Waals surface area (Å²) < 4.78 is 37.4. The van der Waals surface area contributed by atoms with Gasteiger partial charge in [-0.05, 0) is 24.6 Å². The molecule has 0 radical (unpaired) electrons. The van der Waals surface area contributed by atoms with Gasteiger partial charge in [0, 0.05) is 6.54 Å². The molecule has 0 saturated heterocycles. The Bertz CT molecular complexity index is 449. The predicted molar refractivity (Wildman–Crippen MR) is 64.1 cm³/mol. The second-order valence-corrected chi connectivity index (χ2v) is 3.92. The second-order valence-electron chi connectivity index (χ2n) is 3.92. The molecule has 2 N–H and O–H groups in total. The lowest BCUT2D eigenvalue weighted by atomic mass is 10.1. The van der Waals surface area contributed by atoms with Gasteiger partial charge < -0.3 is 10.6 Å². The average Bonchev–Trinajstić information content (AvgIpc) is 2.26. The predicted octanol–water partition coefficient (Wildman–Crippen LogP) is 2.92. The fourth-order valence-electron chi connectivity index (χ4n) is 1.68. The van der Waals surface area contributed by atoms with Crippen LogP contribution in [0.4, 0.5) is 24.5 Å². The molecule has 0 fully saturated rings. The lowest BCUT2D eigenvalue weighted by Crippen LogP contribution is -2.35. The van der Waals surface area contributed by atoms with E-state index >= 15 is 0 Å². The number of alkyl halides is 3. The molecule has 0 aromatic heterocycles. The first kappa shape index (κ1) is 14.2. The van der Waals surface area contributed by atoms with Crippen molar-refractivity contribution in [1.29, 1.82) is 5.26 Å². The van der Waals surface area contributed by atoms with Crippen molar-refractivity contribution in [1.82, 2.24) is 0 Å². The van der Waals surface area contributed by atoms with E-state index in [-0.39, 0.29) is 12.2 Å². The molecule has 0 spiro atoms. The molecule has 0 bridgehead atoms. The largest absolute Gasteiger partial charge is 0.405 e. The standard InChI is InChI=1S/C12H14F3N3/c1-2-5-18(8-12(13,14)15)11-4-3-9(7-16)6-10(11)17/h3-4,6H,2,5,8,17H2,1H3. The van der Waals surface area contributed by atoms with Gasteiger partial charge in [-0.15, -0.1) is 0 Å². The lowest BCUT2D eigenvalue weighted by molar-refractivity contribution is -0.119. The molecule has 0 aliphatic rings. The van der Waals surface area contributed by atoms with Crippen LogP contribution in [0.15, 0.2) is 18.2 Å². The number of nitrogens with zero attached hydrogens (tertiary/aromatic N) is 2. The number of nitrogens with two attached hydrogens (primary N) is 1. The summed E-state index contributed by atoms with van der Waals surface area (Å²) in [4.78, 5) is 1.18. The van der Waals surface area contributed by atoms with Gasteiger partial charge >= 0.3 is 6.18 Å². The van der Waals surface area contributed by atoms with E-state index in [4.69, 9.17) is 11.0 Å². The van der Waals surface area contributed by atoms with Crippen LogP contribution in [-0.2, 0) is 0 Å². The first-order valence-corrected chi connectivity index (χ1v) is 5.48. The van der Waals surface area contributed by atoms with Crippen LogP contribution >= 0.6 is 0 Å².